The third kappa shape index (κ3) is 4.55. The second-order valence-electron chi connectivity index (χ2n) is 7.34. The van der Waals surface area contributed by atoms with Gasteiger partial charge >= 0.3 is 0 Å². The van der Waals surface area contributed by atoms with Crippen LogP contribution in [0.15, 0.2) is 41.8 Å². The summed E-state index contributed by atoms with van der Waals surface area (Å²) in [6, 6.07) is 10.2. The first-order valence-electron chi connectivity index (χ1n) is 9.68. The molecular weight excluding hydrogens is 437 g/mol. The van der Waals surface area contributed by atoms with Crippen molar-refractivity contribution in [3.8, 4) is 0 Å². The predicted molar refractivity (Wildman–Crippen MR) is 121 cm³/mol. The molecule has 9 heteroatoms. The zero-order valence-corrected chi connectivity index (χ0v) is 18.9. The molecule has 1 aromatic carbocycles. The molecule has 0 aliphatic rings. The number of carbonyl (C=O) groups is 1. The summed E-state index contributed by atoms with van der Waals surface area (Å²) in [6.45, 7) is 6.49. The molecule has 0 saturated carbocycles. The molecule has 3 heterocycles. The molecule has 1 N–H and O–H groups in total. The summed E-state index contributed by atoms with van der Waals surface area (Å²) < 4.78 is 17.4. The van der Waals surface area contributed by atoms with Crippen LogP contribution >= 0.6 is 22.9 Å². The van der Waals surface area contributed by atoms with Crippen LogP contribution in [0.5, 0.6) is 0 Å². The maximum atomic E-state index is 13.9. The lowest BCUT2D eigenvalue weighted by Gasteiger charge is -2.05. The Hall–Kier alpha value is -2.97. The average molecular weight is 458 g/mol. The molecular formula is C22H21ClFN5OS. The summed E-state index contributed by atoms with van der Waals surface area (Å²) in [4.78, 5) is 13.3. The number of thiophene rings is 1. The number of hydrogen-bond acceptors (Lipinski definition) is 4. The first kappa shape index (κ1) is 21.3. The fourth-order valence-electron chi connectivity index (χ4n) is 3.28. The number of amides is 1. The van der Waals surface area contributed by atoms with Crippen LogP contribution in [0, 0.1) is 26.6 Å². The Morgan fingerprint density at radius 2 is 1.90 bits per heavy atom. The van der Waals surface area contributed by atoms with Crippen molar-refractivity contribution in [1.29, 1.82) is 0 Å². The van der Waals surface area contributed by atoms with Gasteiger partial charge in [0.15, 0.2) is 5.82 Å². The van der Waals surface area contributed by atoms with E-state index in [0.29, 0.717) is 34.4 Å². The van der Waals surface area contributed by atoms with Crippen LogP contribution in [-0.2, 0) is 13.1 Å². The Morgan fingerprint density at radius 1 is 1.13 bits per heavy atom. The largest absolute Gasteiger partial charge is 0.304 e. The minimum atomic E-state index is -0.280. The molecule has 4 rings (SSSR count). The van der Waals surface area contributed by atoms with Crippen LogP contribution in [0.4, 0.5) is 10.2 Å². The van der Waals surface area contributed by atoms with Gasteiger partial charge in [-0.3, -0.25) is 14.2 Å². The predicted octanol–water partition coefficient (Wildman–Crippen LogP) is 5.21. The minimum absolute atomic E-state index is 0.238. The molecule has 3 aromatic heterocycles. The van der Waals surface area contributed by atoms with E-state index in [1.165, 1.54) is 17.4 Å². The van der Waals surface area contributed by atoms with Crippen molar-refractivity contribution in [3.63, 3.8) is 0 Å². The fraction of sp³-hybridized carbons (Fsp3) is 0.227. The standard InChI is InChI=1S/C22H21ClFN5OS/c1-13-8-20(27-28(13)11-17-6-4-5-7-18(17)24)25-22(30)19-9-16(12-31-19)10-29-15(3)21(23)14(2)26-29/h4-9,12H,10-11H2,1-3H3,(H,25,27,30). The Bertz CT molecular complexity index is 1260. The Kier molecular flexibility index (Phi) is 5.93. The molecule has 1 amide bonds. The van der Waals surface area contributed by atoms with E-state index < -0.39 is 0 Å². The molecule has 0 atom stereocenters. The van der Waals surface area contributed by atoms with Gasteiger partial charge in [-0.2, -0.15) is 10.2 Å². The van der Waals surface area contributed by atoms with Crippen LogP contribution in [0.2, 0.25) is 5.02 Å². The Labute approximate surface area is 188 Å². The van der Waals surface area contributed by atoms with Gasteiger partial charge in [-0.15, -0.1) is 11.3 Å². The van der Waals surface area contributed by atoms with Crippen molar-refractivity contribution in [1.82, 2.24) is 19.6 Å². The molecule has 0 unspecified atom stereocenters. The lowest BCUT2D eigenvalue weighted by Crippen LogP contribution is -2.12. The number of benzene rings is 1. The smallest absolute Gasteiger partial charge is 0.266 e. The number of halogens is 2. The quantitative estimate of drug-likeness (QED) is 0.432. The number of rotatable bonds is 6. The van der Waals surface area contributed by atoms with Crippen LogP contribution in [0.1, 0.15) is 37.9 Å². The van der Waals surface area contributed by atoms with E-state index in [9.17, 15) is 9.18 Å². The summed E-state index contributed by atoms with van der Waals surface area (Å²) in [5.41, 5.74) is 4.02. The monoisotopic (exact) mass is 457 g/mol. The summed E-state index contributed by atoms with van der Waals surface area (Å²) in [5, 5.41) is 14.3. The average Bonchev–Trinajstić information content (AvgIpc) is 3.40. The Balaban J connectivity index is 1.44. The second-order valence-corrected chi connectivity index (χ2v) is 8.62. The van der Waals surface area contributed by atoms with Crippen molar-refractivity contribution in [2.24, 2.45) is 0 Å². The second kappa shape index (κ2) is 8.64. The highest BCUT2D eigenvalue weighted by Gasteiger charge is 2.15. The highest BCUT2D eigenvalue weighted by atomic mass is 35.5. The summed E-state index contributed by atoms with van der Waals surface area (Å²) in [5.74, 6) is -0.0877. The van der Waals surface area contributed by atoms with E-state index in [0.717, 1.165) is 22.6 Å². The topological polar surface area (TPSA) is 64.7 Å². The molecule has 160 valence electrons. The van der Waals surface area contributed by atoms with Gasteiger partial charge in [-0.05, 0) is 43.8 Å². The van der Waals surface area contributed by atoms with Gasteiger partial charge in [-0.25, -0.2) is 4.39 Å². The fourth-order valence-corrected chi connectivity index (χ4v) is 4.21. The molecule has 6 nitrogen and oxygen atoms in total. The number of aromatic nitrogens is 4. The molecule has 4 aromatic rings. The van der Waals surface area contributed by atoms with Crippen molar-refractivity contribution >= 4 is 34.7 Å². The van der Waals surface area contributed by atoms with Crippen molar-refractivity contribution in [2.45, 2.75) is 33.9 Å². The minimum Gasteiger partial charge on any atom is -0.304 e. The molecule has 31 heavy (non-hydrogen) atoms. The van der Waals surface area contributed by atoms with Crippen LogP contribution in [0.3, 0.4) is 0 Å². The van der Waals surface area contributed by atoms with E-state index >= 15 is 0 Å². The molecule has 0 radical (unpaired) electrons. The van der Waals surface area contributed by atoms with Gasteiger partial charge < -0.3 is 5.32 Å². The van der Waals surface area contributed by atoms with Gasteiger partial charge in [0, 0.05) is 17.3 Å². The SMILES string of the molecule is Cc1nn(Cc2csc(C(=O)Nc3cc(C)n(Cc4ccccc4F)n3)c2)c(C)c1Cl. The number of anilines is 1. The normalized spacial score (nSPS) is 11.1. The van der Waals surface area contributed by atoms with Gasteiger partial charge in [0.2, 0.25) is 0 Å². The van der Waals surface area contributed by atoms with Crippen LogP contribution in [0.25, 0.3) is 0 Å². The maximum Gasteiger partial charge on any atom is 0.266 e. The van der Waals surface area contributed by atoms with Gasteiger partial charge in [0.05, 0.1) is 34.4 Å². The highest BCUT2D eigenvalue weighted by Crippen LogP contribution is 2.22. The highest BCUT2D eigenvalue weighted by molar-refractivity contribution is 7.12. The van der Waals surface area contributed by atoms with Gasteiger partial charge in [0.25, 0.3) is 5.91 Å². The van der Waals surface area contributed by atoms with E-state index in [1.54, 1.807) is 28.9 Å². The first-order chi connectivity index (χ1) is 14.8. The number of nitrogens with zero attached hydrogens (tertiary/aromatic N) is 4. The molecule has 0 fully saturated rings. The van der Waals surface area contributed by atoms with Gasteiger partial charge in [0.1, 0.15) is 5.82 Å². The van der Waals surface area contributed by atoms with E-state index in [-0.39, 0.29) is 11.7 Å². The zero-order valence-electron chi connectivity index (χ0n) is 17.3. The van der Waals surface area contributed by atoms with E-state index in [4.69, 9.17) is 11.6 Å². The summed E-state index contributed by atoms with van der Waals surface area (Å²) in [6.07, 6.45) is 0. The zero-order chi connectivity index (χ0) is 22.1. The molecule has 0 spiro atoms. The van der Waals surface area contributed by atoms with Crippen LogP contribution in [-0.4, -0.2) is 25.5 Å². The summed E-state index contributed by atoms with van der Waals surface area (Å²) in [7, 11) is 0. The molecule has 0 aliphatic carbocycles. The van der Waals surface area contributed by atoms with Crippen molar-refractivity contribution in [2.75, 3.05) is 5.32 Å². The van der Waals surface area contributed by atoms with Crippen molar-refractivity contribution in [3.05, 3.63) is 85.7 Å². The summed E-state index contributed by atoms with van der Waals surface area (Å²) >= 11 is 7.57. The number of nitrogens with one attached hydrogen (secondary N) is 1. The number of aryl methyl sites for hydroxylation is 2. The van der Waals surface area contributed by atoms with Crippen molar-refractivity contribution < 1.29 is 9.18 Å². The lowest BCUT2D eigenvalue weighted by atomic mass is 10.2. The molecule has 0 aliphatic heterocycles. The Morgan fingerprint density at radius 3 is 2.61 bits per heavy atom. The third-order valence-electron chi connectivity index (χ3n) is 5.00. The number of hydrogen-bond donors (Lipinski definition) is 1. The van der Waals surface area contributed by atoms with E-state index in [2.05, 4.69) is 15.5 Å². The number of carbonyl (C=O) groups excluding carboxylic acids is 1. The first-order valence-corrected chi connectivity index (χ1v) is 10.9. The lowest BCUT2D eigenvalue weighted by molar-refractivity contribution is 0.103. The third-order valence-corrected chi connectivity index (χ3v) is 6.53. The van der Waals surface area contributed by atoms with Gasteiger partial charge in [-0.1, -0.05) is 29.8 Å². The molecule has 0 bridgehead atoms. The van der Waals surface area contributed by atoms with Crippen LogP contribution < -0.4 is 5.32 Å². The molecule has 0 saturated heterocycles. The maximum absolute atomic E-state index is 13.9. The van der Waals surface area contributed by atoms with E-state index in [1.807, 2.05) is 36.9 Å².